The van der Waals surface area contributed by atoms with Gasteiger partial charge < -0.3 is 15.4 Å². The molecule has 0 atom stereocenters. The summed E-state index contributed by atoms with van der Waals surface area (Å²) in [5.74, 6) is 0.560. The maximum absolute atomic E-state index is 6.29. The first-order valence-corrected chi connectivity index (χ1v) is 6.53. The van der Waals surface area contributed by atoms with Gasteiger partial charge in [-0.2, -0.15) is 0 Å². The van der Waals surface area contributed by atoms with E-state index in [-0.39, 0.29) is 5.54 Å². The average molecular weight is 266 g/mol. The third-order valence-corrected chi connectivity index (χ3v) is 4.08. The van der Waals surface area contributed by atoms with Crippen molar-refractivity contribution in [1.29, 1.82) is 0 Å². The number of nitrogens with two attached hydrogens (primary N) is 1. The third kappa shape index (κ3) is 1.76. The van der Waals surface area contributed by atoms with Crippen molar-refractivity contribution in [1.82, 2.24) is 0 Å². The monoisotopic (exact) mass is 265 g/mol. The van der Waals surface area contributed by atoms with Crippen LogP contribution in [0.25, 0.3) is 0 Å². The number of ether oxygens (including phenoxy) is 1. The molecule has 1 aromatic rings. The molecule has 2 heterocycles. The molecule has 3 rings (SSSR count). The number of hydrogen-bond donors (Lipinski definition) is 1. The molecule has 2 N–H and O–H groups in total. The Morgan fingerprint density at radius 3 is 2.72 bits per heavy atom. The molecule has 96 valence electrons. The van der Waals surface area contributed by atoms with Crippen molar-refractivity contribution >= 4 is 23.2 Å². The summed E-state index contributed by atoms with van der Waals surface area (Å²) in [6, 6.07) is 7.77. The summed E-state index contributed by atoms with van der Waals surface area (Å²) >= 11 is 6.29. The lowest BCUT2D eigenvalue weighted by atomic mass is 9.88. The minimum Gasteiger partial charge on any atom is -0.381 e. The predicted octanol–water partition coefficient (Wildman–Crippen LogP) is 2.02. The first kappa shape index (κ1) is 11.8. The Hall–Kier alpha value is -1.26. The summed E-state index contributed by atoms with van der Waals surface area (Å²) in [4.78, 5) is 6.51. The number of rotatable bonds is 1. The molecule has 4 nitrogen and oxygen atoms in total. The van der Waals surface area contributed by atoms with E-state index in [1.165, 1.54) is 0 Å². The van der Waals surface area contributed by atoms with Gasteiger partial charge in [-0.25, -0.2) is 0 Å². The molecule has 18 heavy (non-hydrogen) atoms. The van der Waals surface area contributed by atoms with E-state index in [2.05, 4.69) is 9.89 Å². The van der Waals surface area contributed by atoms with Crippen molar-refractivity contribution in [2.24, 2.45) is 10.7 Å². The molecule has 2 aliphatic heterocycles. The highest BCUT2D eigenvalue weighted by atomic mass is 35.5. The molecule has 1 saturated heterocycles. The van der Waals surface area contributed by atoms with Crippen molar-refractivity contribution in [3.8, 4) is 0 Å². The zero-order valence-electron chi connectivity index (χ0n) is 10.1. The van der Waals surface area contributed by atoms with Gasteiger partial charge in [0, 0.05) is 13.2 Å². The molecule has 0 amide bonds. The van der Waals surface area contributed by atoms with Crippen LogP contribution in [0.5, 0.6) is 0 Å². The Morgan fingerprint density at radius 1 is 1.28 bits per heavy atom. The Kier molecular flexibility index (Phi) is 2.92. The highest BCUT2D eigenvalue weighted by Gasteiger charge is 2.44. The fourth-order valence-corrected chi connectivity index (χ4v) is 2.98. The van der Waals surface area contributed by atoms with Crippen molar-refractivity contribution < 1.29 is 4.74 Å². The van der Waals surface area contributed by atoms with Crippen LogP contribution in [0.1, 0.15) is 12.8 Å². The quantitative estimate of drug-likeness (QED) is 0.845. The van der Waals surface area contributed by atoms with Gasteiger partial charge in [0.15, 0.2) is 5.96 Å². The standard InChI is InChI=1S/C13H16ClN3O/c14-10-3-1-2-4-11(10)17-12(15)16-9-13(17)5-7-18-8-6-13/h1-4H,5-9H2,(H2,15,16). The maximum Gasteiger partial charge on any atom is 0.196 e. The zero-order chi connectivity index (χ0) is 12.6. The van der Waals surface area contributed by atoms with Crippen LogP contribution in [-0.2, 0) is 4.74 Å². The summed E-state index contributed by atoms with van der Waals surface area (Å²) in [7, 11) is 0. The Morgan fingerprint density at radius 2 is 2.00 bits per heavy atom. The van der Waals surface area contributed by atoms with Gasteiger partial charge in [0.25, 0.3) is 0 Å². The van der Waals surface area contributed by atoms with Crippen LogP contribution in [0.4, 0.5) is 5.69 Å². The van der Waals surface area contributed by atoms with Gasteiger partial charge in [-0.15, -0.1) is 0 Å². The minimum absolute atomic E-state index is 0.0483. The Balaban J connectivity index is 2.01. The number of aliphatic imine (C=N–C) groups is 1. The number of hydrogen-bond acceptors (Lipinski definition) is 4. The first-order chi connectivity index (χ1) is 8.73. The van der Waals surface area contributed by atoms with Crippen LogP contribution < -0.4 is 10.6 Å². The van der Waals surface area contributed by atoms with Crippen LogP contribution >= 0.6 is 11.6 Å². The van der Waals surface area contributed by atoms with E-state index in [1.54, 1.807) is 0 Å². The number of nitrogens with zero attached hydrogens (tertiary/aromatic N) is 2. The van der Waals surface area contributed by atoms with E-state index in [9.17, 15) is 0 Å². The summed E-state index contributed by atoms with van der Waals surface area (Å²) in [5, 5.41) is 0.711. The van der Waals surface area contributed by atoms with E-state index in [4.69, 9.17) is 22.1 Å². The van der Waals surface area contributed by atoms with E-state index >= 15 is 0 Å². The van der Waals surface area contributed by atoms with Gasteiger partial charge in [0.05, 0.1) is 22.8 Å². The van der Waals surface area contributed by atoms with Crippen molar-refractivity contribution in [3.05, 3.63) is 29.3 Å². The van der Waals surface area contributed by atoms with Crippen LogP contribution in [0.3, 0.4) is 0 Å². The first-order valence-electron chi connectivity index (χ1n) is 6.15. The smallest absolute Gasteiger partial charge is 0.196 e. The molecule has 1 aromatic carbocycles. The summed E-state index contributed by atoms with van der Waals surface area (Å²) in [6.45, 7) is 2.24. The molecule has 0 radical (unpaired) electrons. The summed E-state index contributed by atoms with van der Waals surface area (Å²) in [6.07, 6.45) is 1.87. The number of benzene rings is 1. The Bertz CT molecular complexity index is 483. The molecule has 0 saturated carbocycles. The molecule has 5 heteroatoms. The lowest BCUT2D eigenvalue weighted by molar-refractivity contribution is 0.0594. The number of guanidine groups is 1. The molecule has 1 spiro atoms. The van der Waals surface area contributed by atoms with Gasteiger partial charge >= 0.3 is 0 Å². The molecule has 2 aliphatic rings. The van der Waals surface area contributed by atoms with Gasteiger partial charge in [-0.1, -0.05) is 23.7 Å². The van der Waals surface area contributed by atoms with Crippen molar-refractivity contribution in [3.63, 3.8) is 0 Å². The van der Waals surface area contributed by atoms with Gasteiger partial charge in [-0.05, 0) is 25.0 Å². The molecule has 1 fully saturated rings. The molecule has 0 aliphatic carbocycles. The van der Waals surface area contributed by atoms with Gasteiger partial charge in [0.1, 0.15) is 0 Å². The van der Waals surface area contributed by atoms with E-state index in [0.717, 1.165) is 38.3 Å². The van der Waals surface area contributed by atoms with Gasteiger partial charge in [-0.3, -0.25) is 4.99 Å². The second-order valence-electron chi connectivity index (χ2n) is 4.80. The minimum atomic E-state index is -0.0483. The second kappa shape index (κ2) is 4.44. The fraction of sp³-hybridized carbons (Fsp3) is 0.462. The highest BCUT2D eigenvalue weighted by Crippen LogP contribution is 2.39. The second-order valence-corrected chi connectivity index (χ2v) is 5.21. The number of halogens is 1. The SMILES string of the molecule is NC1=NCC2(CCOCC2)N1c1ccccc1Cl. The fourth-order valence-electron chi connectivity index (χ4n) is 2.76. The van der Waals surface area contributed by atoms with Gasteiger partial charge in [0.2, 0.25) is 0 Å². The maximum atomic E-state index is 6.29. The van der Waals surface area contributed by atoms with Crippen LogP contribution in [0.15, 0.2) is 29.3 Å². The molecule has 0 bridgehead atoms. The van der Waals surface area contributed by atoms with Crippen molar-refractivity contribution in [2.75, 3.05) is 24.7 Å². The summed E-state index contributed by atoms with van der Waals surface area (Å²) in [5.41, 5.74) is 6.96. The average Bonchev–Trinajstić information content (AvgIpc) is 2.69. The lowest BCUT2D eigenvalue weighted by Gasteiger charge is -2.42. The molecular weight excluding hydrogens is 250 g/mol. The van der Waals surface area contributed by atoms with Crippen LogP contribution in [0, 0.1) is 0 Å². The number of para-hydroxylation sites is 1. The topological polar surface area (TPSA) is 50.9 Å². The molecular formula is C13H16ClN3O. The zero-order valence-corrected chi connectivity index (χ0v) is 10.9. The third-order valence-electron chi connectivity index (χ3n) is 3.76. The van der Waals surface area contributed by atoms with Crippen LogP contribution in [0.2, 0.25) is 5.02 Å². The van der Waals surface area contributed by atoms with Crippen molar-refractivity contribution in [2.45, 2.75) is 18.4 Å². The normalized spacial score (nSPS) is 22.3. The molecule has 0 unspecified atom stereocenters. The van der Waals surface area contributed by atoms with Crippen LogP contribution in [-0.4, -0.2) is 31.3 Å². The predicted molar refractivity (Wildman–Crippen MR) is 73.2 cm³/mol. The molecule has 0 aromatic heterocycles. The largest absolute Gasteiger partial charge is 0.381 e. The number of anilines is 1. The van der Waals surface area contributed by atoms with E-state index in [0.29, 0.717) is 11.0 Å². The Labute approximate surface area is 111 Å². The summed E-state index contributed by atoms with van der Waals surface area (Å²) < 4.78 is 5.45. The highest BCUT2D eigenvalue weighted by molar-refractivity contribution is 6.34. The van der Waals surface area contributed by atoms with E-state index in [1.807, 2.05) is 24.3 Å². The van der Waals surface area contributed by atoms with E-state index < -0.39 is 0 Å². The lowest BCUT2D eigenvalue weighted by Crippen LogP contribution is -2.55.